The molecule has 4 heteroatoms. The molecule has 2 aromatic carbocycles. The summed E-state index contributed by atoms with van der Waals surface area (Å²) in [5.41, 5.74) is 1.20. The monoisotopic (exact) mass is 294 g/mol. The van der Waals surface area contributed by atoms with Crippen molar-refractivity contribution in [3.8, 4) is 0 Å². The van der Waals surface area contributed by atoms with E-state index in [0.717, 1.165) is 5.56 Å². The molecule has 0 spiro atoms. The van der Waals surface area contributed by atoms with Crippen molar-refractivity contribution >= 4 is 35.1 Å². The molecule has 0 aliphatic rings. The van der Waals surface area contributed by atoms with Crippen LogP contribution >= 0.6 is 23.2 Å². The van der Waals surface area contributed by atoms with E-state index < -0.39 is 0 Å². The third-order valence-electron chi connectivity index (χ3n) is 2.50. The molecule has 0 saturated heterocycles. The van der Waals surface area contributed by atoms with Gasteiger partial charge in [-0.1, -0.05) is 41.4 Å². The van der Waals surface area contributed by atoms with Crippen molar-refractivity contribution in [2.45, 2.75) is 0 Å². The van der Waals surface area contributed by atoms with Crippen LogP contribution in [0.15, 0.2) is 48.5 Å². The predicted octanol–water partition coefficient (Wildman–Crippen LogP) is 5.03. The van der Waals surface area contributed by atoms with Gasteiger partial charge >= 0.3 is 0 Å². The molecule has 0 aromatic heterocycles. The number of rotatable bonds is 3. The second-order valence-corrected chi connectivity index (χ2v) is 4.69. The number of hydrogen-bond donors (Lipinski definition) is 0. The number of benzene rings is 2. The van der Waals surface area contributed by atoms with Crippen LogP contribution in [-0.4, -0.2) is 5.78 Å². The maximum absolute atomic E-state index is 12.7. The quantitative estimate of drug-likeness (QED) is 0.573. The molecule has 0 N–H and O–H groups in total. The minimum absolute atomic E-state index is 0.192. The smallest absolute Gasteiger partial charge is 0.185 e. The molecule has 2 aromatic rings. The number of ketones is 1. The highest BCUT2D eigenvalue weighted by Crippen LogP contribution is 2.23. The maximum atomic E-state index is 12.7. The summed E-state index contributed by atoms with van der Waals surface area (Å²) in [6.07, 6.45) is 3.02. The summed E-state index contributed by atoms with van der Waals surface area (Å²) in [5, 5.41) is 0.739. The number of carbonyl (C=O) groups is 1. The number of carbonyl (C=O) groups excluding carboxylic acids is 1. The highest BCUT2D eigenvalue weighted by molar-refractivity contribution is 6.42. The van der Waals surface area contributed by atoms with Gasteiger partial charge in [-0.15, -0.1) is 0 Å². The Bertz CT molecular complexity index is 633. The van der Waals surface area contributed by atoms with E-state index in [0.29, 0.717) is 15.6 Å². The highest BCUT2D eigenvalue weighted by Gasteiger charge is 2.04. The van der Waals surface area contributed by atoms with Gasteiger partial charge in [-0.05, 0) is 42.0 Å². The van der Waals surface area contributed by atoms with Crippen LogP contribution in [0, 0.1) is 5.82 Å². The van der Waals surface area contributed by atoms with Crippen LogP contribution in [0.5, 0.6) is 0 Å². The summed E-state index contributed by atoms with van der Waals surface area (Å²) in [5.74, 6) is -0.504. The molecule has 0 aliphatic carbocycles. The van der Waals surface area contributed by atoms with Gasteiger partial charge in [-0.2, -0.15) is 0 Å². The lowest BCUT2D eigenvalue weighted by atomic mass is 10.1. The molecular formula is C15H9Cl2FO. The van der Waals surface area contributed by atoms with E-state index in [1.54, 1.807) is 30.3 Å². The summed E-state index contributed by atoms with van der Waals surface area (Å²) in [6.45, 7) is 0. The van der Waals surface area contributed by atoms with Crippen LogP contribution in [-0.2, 0) is 0 Å². The van der Waals surface area contributed by atoms with Crippen LogP contribution in [0.25, 0.3) is 6.08 Å². The fraction of sp³-hybridized carbons (Fsp3) is 0. The summed E-state index contributed by atoms with van der Waals surface area (Å²) < 4.78 is 12.7. The van der Waals surface area contributed by atoms with Crippen LogP contribution in [0.4, 0.5) is 4.39 Å². The molecule has 0 fully saturated rings. The van der Waals surface area contributed by atoms with E-state index >= 15 is 0 Å². The van der Waals surface area contributed by atoms with Gasteiger partial charge < -0.3 is 0 Å². The fourth-order valence-electron chi connectivity index (χ4n) is 1.49. The van der Waals surface area contributed by atoms with Gasteiger partial charge in [0.25, 0.3) is 0 Å². The molecule has 0 heterocycles. The van der Waals surface area contributed by atoms with Gasteiger partial charge in [0.15, 0.2) is 5.78 Å². The zero-order valence-electron chi connectivity index (χ0n) is 9.74. The lowest BCUT2D eigenvalue weighted by Gasteiger charge is -1.99. The first-order valence-electron chi connectivity index (χ1n) is 5.49. The normalized spacial score (nSPS) is 10.9. The van der Waals surface area contributed by atoms with Crippen molar-refractivity contribution in [2.24, 2.45) is 0 Å². The Hall–Kier alpha value is -1.64. The molecule has 0 unspecified atom stereocenters. The van der Waals surface area contributed by atoms with Gasteiger partial charge in [0.2, 0.25) is 0 Å². The molecule has 2 rings (SSSR count). The Kier molecular flexibility index (Phi) is 4.35. The first-order chi connectivity index (χ1) is 9.06. The number of allylic oxidation sites excluding steroid dienone is 1. The summed E-state index contributed by atoms with van der Waals surface area (Å²) in [4.78, 5) is 11.9. The Labute approximate surface area is 120 Å². The van der Waals surface area contributed by atoms with Gasteiger partial charge in [0, 0.05) is 5.56 Å². The van der Waals surface area contributed by atoms with Gasteiger partial charge in [0.1, 0.15) is 5.82 Å². The zero-order valence-corrected chi connectivity index (χ0v) is 11.3. The molecule has 0 aliphatic heterocycles. The topological polar surface area (TPSA) is 17.1 Å². The lowest BCUT2D eigenvalue weighted by Crippen LogP contribution is -1.93. The number of halogens is 3. The summed E-state index contributed by atoms with van der Waals surface area (Å²) in [7, 11) is 0. The summed E-state index contributed by atoms with van der Waals surface area (Å²) in [6, 6.07) is 10.5. The van der Waals surface area contributed by atoms with Gasteiger partial charge in [-0.3, -0.25) is 4.79 Å². The van der Waals surface area contributed by atoms with E-state index in [1.165, 1.54) is 24.3 Å². The van der Waals surface area contributed by atoms with Crippen molar-refractivity contribution in [3.05, 3.63) is 75.5 Å². The molecular weight excluding hydrogens is 286 g/mol. The van der Waals surface area contributed by atoms with E-state index in [1.807, 2.05) is 0 Å². The van der Waals surface area contributed by atoms with Crippen molar-refractivity contribution in [2.75, 3.05) is 0 Å². The third kappa shape index (κ3) is 3.66. The van der Waals surface area contributed by atoms with Crippen LogP contribution in [0.3, 0.4) is 0 Å². The van der Waals surface area contributed by atoms with Crippen LogP contribution < -0.4 is 0 Å². The standard InChI is InChI=1S/C15H9Cl2FO/c16-13-7-4-11(9-14(13)17)15(19)8-3-10-1-5-12(18)6-2-10/h1-9H/b8-3+. The van der Waals surface area contributed by atoms with Crippen molar-refractivity contribution in [1.29, 1.82) is 0 Å². The molecule has 1 nitrogen and oxygen atoms in total. The predicted molar refractivity (Wildman–Crippen MR) is 76.2 cm³/mol. The zero-order chi connectivity index (χ0) is 13.8. The van der Waals surface area contributed by atoms with Crippen molar-refractivity contribution in [3.63, 3.8) is 0 Å². The minimum Gasteiger partial charge on any atom is -0.289 e. The first kappa shape index (κ1) is 13.8. The third-order valence-corrected chi connectivity index (χ3v) is 3.24. The van der Waals surface area contributed by atoms with Gasteiger partial charge in [-0.25, -0.2) is 4.39 Å². The first-order valence-corrected chi connectivity index (χ1v) is 6.25. The SMILES string of the molecule is O=C(/C=C/c1ccc(F)cc1)c1ccc(Cl)c(Cl)c1. The van der Waals surface area contributed by atoms with Gasteiger partial charge in [0.05, 0.1) is 10.0 Å². The van der Waals surface area contributed by atoms with Crippen molar-refractivity contribution < 1.29 is 9.18 Å². The number of hydrogen-bond acceptors (Lipinski definition) is 1. The minimum atomic E-state index is -0.312. The Morgan fingerprint density at radius 1 is 1.00 bits per heavy atom. The Morgan fingerprint density at radius 2 is 1.68 bits per heavy atom. The molecule has 0 amide bonds. The largest absolute Gasteiger partial charge is 0.289 e. The van der Waals surface area contributed by atoms with Crippen LogP contribution in [0.1, 0.15) is 15.9 Å². The van der Waals surface area contributed by atoms with Crippen LogP contribution in [0.2, 0.25) is 10.0 Å². The molecule has 0 bridgehead atoms. The second kappa shape index (κ2) is 6.00. The molecule has 19 heavy (non-hydrogen) atoms. The molecule has 0 saturated carbocycles. The molecule has 0 radical (unpaired) electrons. The molecule has 0 atom stereocenters. The summed E-state index contributed by atoms with van der Waals surface area (Å²) >= 11 is 11.6. The van der Waals surface area contributed by atoms with E-state index in [-0.39, 0.29) is 11.6 Å². The van der Waals surface area contributed by atoms with E-state index in [9.17, 15) is 9.18 Å². The Balaban J connectivity index is 2.16. The molecule has 96 valence electrons. The second-order valence-electron chi connectivity index (χ2n) is 3.88. The highest BCUT2D eigenvalue weighted by atomic mass is 35.5. The average Bonchev–Trinajstić information content (AvgIpc) is 2.41. The fourth-order valence-corrected chi connectivity index (χ4v) is 1.79. The Morgan fingerprint density at radius 3 is 2.32 bits per heavy atom. The van der Waals surface area contributed by atoms with Crippen molar-refractivity contribution in [1.82, 2.24) is 0 Å². The maximum Gasteiger partial charge on any atom is 0.185 e. The average molecular weight is 295 g/mol. The van der Waals surface area contributed by atoms with E-state index in [2.05, 4.69) is 0 Å². The van der Waals surface area contributed by atoms with E-state index in [4.69, 9.17) is 23.2 Å². The lowest BCUT2D eigenvalue weighted by molar-refractivity contribution is 0.104.